The number of aryl methyl sites for hydroxylation is 1. The smallest absolute Gasteiger partial charge is 0.262 e. The van der Waals surface area contributed by atoms with Gasteiger partial charge in [-0.25, -0.2) is 0 Å². The molecule has 4 aromatic heterocycles. The summed E-state index contributed by atoms with van der Waals surface area (Å²) in [6.45, 7) is 4.70. The molecule has 0 aliphatic rings. The number of fused-ring (bicyclic) bond motifs is 3. The minimum absolute atomic E-state index is 0.0361. The molecule has 4 heterocycles. The van der Waals surface area contributed by atoms with E-state index < -0.39 is 0 Å². The Morgan fingerprint density at radius 3 is 2.81 bits per heavy atom. The van der Waals surface area contributed by atoms with Crippen molar-refractivity contribution < 1.29 is 4.42 Å². The van der Waals surface area contributed by atoms with E-state index >= 15 is 0 Å². The first-order chi connectivity index (χ1) is 15.2. The van der Waals surface area contributed by atoms with Gasteiger partial charge in [0, 0.05) is 6.54 Å². The van der Waals surface area contributed by atoms with Crippen molar-refractivity contribution in [2.45, 2.75) is 43.6 Å². The van der Waals surface area contributed by atoms with E-state index in [-0.39, 0.29) is 10.8 Å². The third-order valence-electron chi connectivity index (χ3n) is 5.02. The number of aromatic nitrogens is 6. The zero-order chi connectivity index (χ0) is 21.4. The molecule has 0 bridgehead atoms. The van der Waals surface area contributed by atoms with Gasteiger partial charge in [-0.05, 0) is 36.9 Å². The highest BCUT2D eigenvalue weighted by molar-refractivity contribution is 7.99. The van der Waals surface area contributed by atoms with Gasteiger partial charge in [0.05, 0.1) is 21.0 Å². The summed E-state index contributed by atoms with van der Waals surface area (Å²) < 4.78 is 9.55. The highest BCUT2D eigenvalue weighted by atomic mass is 32.2. The third-order valence-corrected chi connectivity index (χ3v) is 6.90. The van der Waals surface area contributed by atoms with Crippen LogP contribution in [0.5, 0.6) is 0 Å². The van der Waals surface area contributed by atoms with Gasteiger partial charge >= 0.3 is 0 Å². The maximum atomic E-state index is 13.1. The molecule has 0 aliphatic heterocycles. The monoisotopic (exact) mass is 452 g/mol. The summed E-state index contributed by atoms with van der Waals surface area (Å²) >= 11 is 3.03. The molecule has 0 saturated carbocycles. The molecule has 0 aliphatic carbocycles. The molecule has 1 aromatic carbocycles. The second kappa shape index (κ2) is 8.27. The van der Waals surface area contributed by atoms with Crippen LogP contribution >= 0.6 is 23.1 Å². The Morgan fingerprint density at radius 1 is 1.13 bits per heavy atom. The van der Waals surface area contributed by atoms with Crippen LogP contribution in [0.1, 0.15) is 37.8 Å². The summed E-state index contributed by atoms with van der Waals surface area (Å²) in [5, 5.41) is 20.3. The van der Waals surface area contributed by atoms with Crippen molar-refractivity contribution >= 4 is 39.8 Å². The van der Waals surface area contributed by atoms with Gasteiger partial charge < -0.3 is 4.42 Å². The lowest BCUT2D eigenvalue weighted by atomic mass is 10.2. The average Bonchev–Trinajstić information content (AvgIpc) is 3.54. The number of para-hydroxylation sites is 1. The molecule has 1 atom stereocenters. The number of rotatable bonds is 7. The molecule has 0 spiro atoms. The van der Waals surface area contributed by atoms with E-state index in [0.717, 1.165) is 23.2 Å². The highest BCUT2D eigenvalue weighted by Gasteiger charge is 2.22. The second-order valence-electron chi connectivity index (χ2n) is 7.13. The van der Waals surface area contributed by atoms with Crippen LogP contribution in [0.25, 0.3) is 27.4 Å². The molecule has 31 heavy (non-hydrogen) atoms. The van der Waals surface area contributed by atoms with Crippen LogP contribution in [-0.2, 0) is 6.54 Å². The molecule has 0 fully saturated rings. The van der Waals surface area contributed by atoms with Crippen LogP contribution in [0.4, 0.5) is 0 Å². The molecule has 1 unspecified atom stereocenters. The van der Waals surface area contributed by atoms with Crippen molar-refractivity contribution in [1.82, 2.24) is 29.4 Å². The Bertz CT molecular complexity index is 1400. The van der Waals surface area contributed by atoms with Gasteiger partial charge in [0.1, 0.15) is 0 Å². The SMILES string of the molecule is CCCCn1c(=O)c2ccccc2n2c(SC(C)c3nnc(-c4cccs4)o3)nnc12. The quantitative estimate of drug-likeness (QED) is 0.327. The normalized spacial score (nSPS) is 12.7. The summed E-state index contributed by atoms with van der Waals surface area (Å²) in [5.74, 6) is 1.59. The van der Waals surface area contributed by atoms with E-state index in [4.69, 9.17) is 4.42 Å². The van der Waals surface area contributed by atoms with Crippen LogP contribution in [0, 0.1) is 0 Å². The maximum Gasteiger partial charge on any atom is 0.262 e. The molecule has 0 amide bonds. The Morgan fingerprint density at radius 2 is 2.00 bits per heavy atom. The molecule has 0 N–H and O–H groups in total. The molecule has 5 rings (SSSR count). The second-order valence-corrected chi connectivity index (χ2v) is 9.38. The van der Waals surface area contributed by atoms with Crippen molar-refractivity contribution in [3.8, 4) is 10.8 Å². The Labute approximate surface area is 185 Å². The van der Waals surface area contributed by atoms with Gasteiger partial charge in [0.25, 0.3) is 11.4 Å². The fourth-order valence-corrected chi connectivity index (χ4v) is 4.96. The molecule has 8 nitrogen and oxygen atoms in total. The van der Waals surface area contributed by atoms with E-state index in [1.54, 1.807) is 15.9 Å². The van der Waals surface area contributed by atoms with Gasteiger partial charge in [0.2, 0.25) is 11.7 Å². The molecule has 10 heteroatoms. The van der Waals surface area contributed by atoms with Crippen LogP contribution < -0.4 is 5.56 Å². The van der Waals surface area contributed by atoms with Gasteiger partial charge in [-0.15, -0.1) is 31.7 Å². The summed E-state index contributed by atoms with van der Waals surface area (Å²) in [5.41, 5.74) is 0.755. The van der Waals surface area contributed by atoms with Crippen LogP contribution in [0.15, 0.2) is 56.1 Å². The van der Waals surface area contributed by atoms with Crippen LogP contribution in [-0.4, -0.2) is 29.4 Å². The summed E-state index contributed by atoms with van der Waals surface area (Å²) in [4.78, 5) is 14.0. The summed E-state index contributed by atoms with van der Waals surface area (Å²) in [6.07, 6.45) is 1.88. The first kappa shape index (κ1) is 20.0. The van der Waals surface area contributed by atoms with Crippen LogP contribution in [0.3, 0.4) is 0 Å². The lowest BCUT2D eigenvalue weighted by Gasteiger charge is -2.11. The molecule has 5 aromatic rings. The number of hydrogen-bond donors (Lipinski definition) is 0. The highest BCUT2D eigenvalue weighted by Crippen LogP contribution is 2.35. The Kier molecular flexibility index (Phi) is 5.33. The zero-order valence-corrected chi connectivity index (χ0v) is 18.7. The van der Waals surface area contributed by atoms with Gasteiger partial charge in [-0.3, -0.25) is 13.8 Å². The number of thioether (sulfide) groups is 1. The number of unbranched alkanes of at least 4 members (excludes halogenated alkanes) is 1. The lowest BCUT2D eigenvalue weighted by Crippen LogP contribution is -2.23. The van der Waals surface area contributed by atoms with Crippen molar-refractivity contribution in [2.75, 3.05) is 0 Å². The van der Waals surface area contributed by atoms with Crippen molar-refractivity contribution in [3.05, 3.63) is 58.0 Å². The van der Waals surface area contributed by atoms with E-state index in [1.165, 1.54) is 11.8 Å². The molecular weight excluding hydrogens is 432 g/mol. The number of hydrogen-bond acceptors (Lipinski definition) is 8. The van der Waals surface area contributed by atoms with E-state index in [2.05, 4.69) is 27.3 Å². The van der Waals surface area contributed by atoms with Crippen LogP contribution in [0.2, 0.25) is 0 Å². The Balaban J connectivity index is 1.56. The molecule has 0 radical (unpaired) electrons. The largest absolute Gasteiger partial charge is 0.419 e. The standard InChI is InChI=1S/C21H20N6O2S2/c1-3-4-11-26-19(28)14-8-5-6-9-15(14)27-20(26)24-25-21(27)31-13(2)17-22-23-18(29-17)16-10-7-12-30-16/h5-10,12-13H,3-4,11H2,1-2H3. The van der Waals surface area contributed by atoms with Crippen molar-refractivity contribution in [2.24, 2.45) is 0 Å². The summed E-state index contributed by atoms with van der Waals surface area (Å²) in [7, 11) is 0. The fraction of sp³-hybridized carbons (Fsp3) is 0.286. The minimum atomic E-state index is -0.136. The zero-order valence-electron chi connectivity index (χ0n) is 17.1. The van der Waals surface area contributed by atoms with Crippen molar-refractivity contribution in [3.63, 3.8) is 0 Å². The number of nitrogens with zero attached hydrogens (tertiary/aromatic N) is 6. The topological polar surface area (TPSA) is 91.1 Å². The molecule has 158 valence electrons. The van der Waals surface area contributed by atoms with E-state index in [1.807, 2.05) is 53.1 Å². The third kappa shape index (κ3) is 3.55. The molecular formula is C21H20N6O2S2. The van der Waals surface area contributed by atoms with Gasteiger partial charge in [-0.1, -0.05) is 43.3 Å². The van der Waals surface area contributed by atoms with Gasteiger partial charge in [0.15, 0.2) is 5.16 Å². The predicted octanol–water partition coefficient (Wildman–Crippen LogP) is 4.81. The predicted molar refractivity (Wildman–Crippen MR) is 122 cm³/mol. The summed E-state index contributed by atoms with van der Waals surface area (Å²) in [6, 6.07) is 11.5. The first-order valence-corrected chi connectivity index (χ1v) is 11.8. The lowest BCUT2D eigenvalue weighted by molar-refractivity contribution is 0.510. The van der Waals surface area contributed by atoms with E-state index in [0.29, 0.717) is 34.6 Å². The fourth-order valence-electron chi connectivity index (χ4n) is 3.43. The minimum Gasteiger partial charge on any atom is -0.419 e. The van der Waals surface area contributed by atoms with Crippen molar-refractivity contribution in [1.29, 1.82) is 0 Å². The maximum absolute atomic E-state index is 13.1. The Hall–Kier alpha value is -2.98. The van der Waals surface area contributed by atoms with E-state index in [9.17, 15) is 4.79 Å². The van der Waals surface area contributed by atoms with Gasteiger partial charge in [-0.2, -0.15) is 0 Å². The molecule has 0 saturated heterocycles. The number of benzene rings is 1. The average molecular weight is 453 g/mol. The first-order valence-electron chi connectivity index (χ1n) is 10.1. The number of thiophene rings is 1.